The van der Waals surface area contributed by atoms with Crippen LogP contribution in [0.4, 0.5) is 10.8 Å². The van der Waals surface area contributed by atoms with Gasteiger partial charge in [-0.15, -0.1) is 11.3 Å². The molecule has 0 spiro atoms. The molecule has 1 aromatic carbocycles. The molecule has 0 aliphatic carbocycles. The standard InChI is InChI=1S/C14H13N3O3S/c15-14-16-10(7-21-14)12(18)17-5-1-2-8-6-9(13(19)20)3-4-11(8)17/h3-4,6-7H,1-2,5H2,(H2,15,16)(H,19,20). The minimum atomic E-state index is -0.964. The number of aryl methyl sites for hydroxylation is 1. The maximum absolute atomic E-state index is 12.5. The van der Waals surface area contributed by atoms with Gasteiger partial charge in [-0.25, -0.2) is 9.78 Å². The van der Waals surface area contributed by atoms with Crippen LogP contribution in [0.5, 0.6) is 0 Å². The number of benzene rings is 1. The SMILES string of the molecule is Nc1nc(C(=O)N2CCCc3cc(C(=O)O)ccc32)cs1. The summed E-state index contributed by atoms with van der Waals surface area (Å²) in [6.45, 7) is 0.593. The van der Waals surface area contributed by atoms with Gasteiger partial charge in [0.25, 0.3) is 5.91 Å². The highest BCUT2D eigenvalue weighted by Crippen LogP contribution is 2.29. The van der Waals surface area contributed by atoms with Crippen molar-refractivity contribution in [1.82, 2.24) is 4.98 Å². The van der Waals surface area contributed by atoms with Crippen LogP contribution < -0.4 is 10.6 Å². The van der Waals surface area contributed by atoms with Gasteiger partial charge in [-0.05, 0) is 36.6 Å². The first-order valence-corrected chi connectivity index (χ1v) is 7.33. The van der Waals surface area contributed by atoms with E-state index in [0.29, 0.717) is 17.4 Å². The van der Waals surface area contributed by atoms with Gasteiger partial charge in [0, 0.05) is 17.6 Å². The third kappa shape index (κ3) is 2.47. The van der Waals surface area contributed by atoms with Crippen LogP contribution in [-0.4, -0.2) is 28.5 Å². The van der Waals surface area contributed by atoms with E-state index in [0.717, 1.165) is 24.1 Å². The van der Waals surface area contributed by atoms with Crippen LogP contribution in [0.25, 0.3) is 0 Å². The first-order valence-electron chi connectivity index (χ1n) is 6.45. The van der Waals surface area contributed by atoms with Gasteiger partial charge in [0.15, 0.2) is 5.13 Å². The second-order valence-corrected chi connectivity index (χ2v) is 5.67. The zero-order chi connectivity index (χ0) is 15.0. The van der Waals surface area contributed by atoms with E-state index in [1.807, 2.05) is 0 Å². The molecule has 1 amide bonds. The van der Waals surface area contributed by atoms with Crippen LogP contribution in [-0.2, 0) is 6.42 Å². The van der Waals surface area contributed by atoms with E-state index in [9.17, 15) is 9.59 Å². The summed E-state index contributed by atoms with van der Waals surface area (Å²) in [6, 6.07) is 4.83. The number of carboxylic acid groups (broad SMARTS) is 1. The van der Waals surface area contributed by atoms with Crippen LogP contribution in [0, 0.1) is 0 Å². The second-order valence-electron chi connectivity index (χ2n) is 4.78. The number of nitrogens with two attached hydrogens (primary N) is 1. The highest BCUT2D eigenvalue weighted by molar-refractivity contribution is 7.13. The molecule has 0 saturated heterocycles. The molecule has 21 heavy (non-hydrogen) atoms. The first kappa shape index (κ1) is 13.6. The molecule has 0 saturated carbocycles. The van der Waals surface area contributed by atoms with E-state index in [1.165, 1.54) is 17.4 Å². The van der Waals surface area contributed by atoms with Gasteiger partial charge in [0.1, 0.15) is 5.69 Å². The highest BCUT2D eigenvalue weighted by atomic mass is 32.1. The summed E-state index contributed by atoms with van der Waals surface area (Å²) in [6.07, 6.45) is 1.56. The summed E-state index contributed by atoms with van der Waals surface area (Å²) >= 11 is 1.23. The Morgan fingerprint density at radius 3 is 2.86 bits per heavy atom. The fourth-order valence-electron chi connectivity index (χ4n) is 2.47. The number of carbonyl (C=O) groups excluding carboxylic acids is 1. The molecule has 2 aromatic rings. The number of amides is 1. The Bertz CT molecular complexity index is 726. The largest absolute Gasteiger partial charge is 0.478 e. The van der Waals surface area contributed by atoms with Gasteiger partial charge in [0.05, 0.1) is 5.56 Å². The monoisotopic (exact) mass is 303 g/mol. The quantitative estimate of drug-likeness (QED) is 0.884. The number of hydrogen-bond donors (Lipinski definition) is 2. The normalized spacial score (nSPS) is 13.8. The van der Waals surface area contributed by atoms with Crippen molar-refractivity contribution >= 4 is 34.0 Å². The number of rotatable bonds is 2. The fraction of sp³-hybridized carbons (Fsp3) is 0.214. The number of fused-ring (bicyclic) bond motifs is 1. The highest BCUT2D eigenvalue weighted by Gasteiger charge is 2.25. The second kappa shape index (κ2) is 5.17. The Morgan fingerprint density at radius 1 is 1.38 bits per heavy atom. The van der Waals surface area contributed by atoms with E-state index >= 15 is 0 Å². The predicted molar refractivity (Wildman–Crippen MR) is 79.9 cm³/mol. The predicted octanol–water partition coefficient (Wildman–Crippen LogP) is 2.02. The minimum Gasteiger partial charge on any atom is -0.478 e. The van der Waals surface area contributed by atoms with Crippen molar-refractivity contribution in [2.75, 3.05) is 17.2 Å². The Labute approximate surface area is 124 Å². The summed E-state index contributed by atoms with van der Waals surface area (Å²) in [5, 5.41) is 11.0. The van der Waals surface area contributed by atoms with Crippen LogP contribution in [0.3, 0.4) is 0 Å². The number of thiazole rings is 1. The van der Waals surface area contributed by atoms with E-state index in [1.54, 1.807) is 22.4 Å². The number of anilines is 2. The molecule has 0 fully saturated rings. The maximum atomic E-state index is 12.5. The van der Waals surface area contributed by atoms with Crippen molar-refractivity contribution in [3.8, 4) is 0 Å². The van der Waals surface area contributed by atoms with Crippen LogP contribution in [0.2, 0.25) is 0 Å². The van der Waals surface area contributed by atoms with Gasteiger partial charge >= 0.3 is 5.97 Å². The summed E-state index contributed by atoms with van der Waals surface area (Å²) < 4.78 is 0. The number of hydrogen-bond acceptors (Lipinski definition) is 5. The first-order chi connectivity index (χ1) is 10.1. The minimum absolute atomic E-state index is 0.202. The van der Waals surface area contributed by atoms with Crippen LogP contribution >= 0.6 is 11.3 Å². The molecular weight excluding hydrogens is 290 g/mol. The molecular formula is C14H13N3O3S. The van der Waals surface area contributed by atoms with Gasteiger partial charge in [-0.2, -0.15) is 0 Å². The molecule has 1 aromatic heterocycles. The smallest absolute Gasteiger partial charge is 0.335 e. The van der Waals surface area contributed by atoms with E-state index in [4.69, 9.17) is 10.8 Å². The van der Waals surface area contributed by atoms with E-state index in [-0.39, 0.29) is 11.5 Å². The van der Waals surface area contributed by atoms with Crippen molar-refractivity contribution in [3.63, 3.8) is 0 Å². The molecule has 7 heteroatoms. The molecule has 0 unspecified atom stereocenters. The molecule has 0 atom stereocenters. The zero-order valence-electron chi connectivity index (χ0n) is 11.1. The number of nitrogen functional groups attached to an aromatic ring is 1. The Balaban J connectivity index is 1.97. The Kier molecular flexibility index (Phi) is 3.34. The summed E-state index contributed by atoms with van der Waals surface area (Å²) in [7, 11) is 0. The molecule has 1 aliphatic rings. The average Bonchev–Trinajstić information content (AvgIpc) is 2.91. The van der Waals surface area contributed by atoms with Gasteiger partial charge in [0.2, 0.25) is 0 Å². The van der Waals surface area contributed by atoms with Gasteiger partial charge in [-0.3, -0.25) is 4.79 Å². The number of nitrogens with zero attached hydrogens (tertiary/aromatic N) is 2. The number of aromatic nitrogens is 1. The Morgan fingerprint density at radius 2 is 2.19 bits per heavy atom. The molecule has 0 radical (unpaired) electrons. The van der Waals surface area contributed by atoms with Crippen molar-refractivity contribution in [3.05, 3.63) is 40.4 Å². The third-order valence-corrected chi connectivity index (χ3v) is 4.11. The van der Waals surface area contributed by atoms with Gasteiger partial charge < -0.3 is 15.7 Å². The third-order valence-electron chi connectivity index (χ3n) is 3.43. The van der Waals surface area contributed by atoms with Crippen molar-refractivity contribution in [1.29, 1.82) is 0 Å². The molecule has 1 aliphatic heterocycles. The fourth-order valence-corrected chi connectivity index (χ4v) is 3.00. The molecule has 0 bridgehead atoms. The summed E-state index contributed by atoms with van der Waals surface area (Å²) in [5.41, 5.74) is 7.75. The van der Waals surface area contributed by atoms with Crippen molar-refractivity contribution < 1.29 is 14.7 Å². The van der Waals surface area contributed by atoms with Crippen LogP contribution in [0.15, 0.2) is 23.6 Å². The lowest BCUT2D eigenvalue weighted by Crippen LogP contribution is -2.35. The molecule has 108 valence electrons. The summed E-state index contributed by atoms with van der Waals surface area (Å²) in [4.78, 5) is 29.2. The number of carboxylic acids is 1. The van der Waals surface area contributed by atoms with Crippen LogP contribution in [0.1, 0.15) is 32.8 Å². The van der Waals surface area contributed by atoms with Gasteiger partial charge in [-0.1, -0.05) is 0 Å². The maximum Gasteiger partial charge on any atom is 0.335 e. The molecule has 3 N–H and O–H groups in total. The number of aromatic carboxylic acids is 1. The molecule has 6 nitrogen and oxygen atoms in total. The Hall–Kier alpha value is -2.41. The summed E-state index contributed by atoms with van der Waals surface area (Å²) in [5.74, 6) is -1.17. The molecule has 2 heterocycles. The van der Waals surface area contributed by atoms with Crippen molar-refractivity contribution in [2.24, 2.45) is 0 Å². The van der Waals surface area contributed by atoms with Crippen molar-refractivity contribution in [2.45, 2.75) is 12.8 Å². The molecule has 3 rings (SSSR count). The number of carbonyl (C=O) groups is 2. The van der Waals surface area contributed by atoms with E-state index < -0.39 is 5.97 Å². The van der Waals surface area contributed by atoms with E-state index in [2.05, 4.69) is 4.98 Å². The topological polar surface area (TPSA) is 96.5 Å². The lowest BCUT2D eigenvalue weighted by molar-refractivity contribution is 0.0696. The lowest BCUT2D eigenvalue weighted by Gasteiger charge is -2.29. The zero-order valence-corrected chi connectivity index (χ0v) is 11.9. The lowest BCUT2D eigenvalue weighted by atomic mass is 9.99. The average molecular weight is 303 g/mol.